The molecule has 0 saturated carbocycles. The number of quaternary nitrogens is 1. The number of amidine groups is 2. The number of aromatic nitrogens is 2. The molecule has 5 nitrogen and oxygen atoms in total. The molecule has 0 saturated heterocycles. The quantitative estimate of drug-likeness (QED) is 0.115. The van der Waals surface area contributed by atoms with Gasteiger partial charge < -0.3 is 4.57 Å². The van der Waals surface area contributed by atoms with Crippen molar-refractivity contribution < 1.29 is 5.43 Å². The minimum atomic E-state index is 0.222. The van der Waals surface area contributed by atoms with Crippen LogP contribution in [0.25, 0.3) is 60.1 Å². The molecule has 0 spiro atoms. The molecule has 5 heteroatoms. The van der Waals surface area contributed by atoms with Gasteiger partial charge in [-0.25, -0.2) is 0 Å². The highest BCUT2D eigenvalue weighted by molar-refractivity contribution is 6.25. The van der Waals surface area contributed by atoms with Gasteiger partial charge in [0, 0.05) is 32.8 Å². The maximum atomic E-state index is 8.90. The molecular weight excluding hydrogens is 574 g/mol. The molecule has 9 aromatic rings. The van der Waals surface area contributed by atoms with Crippen LogP contribution in [-0.2, 0) is 0 Å². The van der Waals surface area contributed by atoms with Crippen LogP contribution in [0.15, 0.2) is 169 Å². The van der Waals surface area contributed by atoms with E-state index in [1.807, 2.05) is 48.5 Å². The summed E-state index contributed by atoms with van der Waals surface area (Å²) in [6.07, 6.45) is 0. The smallest absolute Gasteiger partial charge is 0.258 e. The number of rotatable bonds is 4. The molecule has 2 aromatic heterocycles. The lowest BCUT2D eigenvalue weighted by Crippen LogP contribution is -2.91. The Balaban J connectivity index is 1.35. The zero-order valence-corrected chi connectivity index (χ0v) is 25.5. The standard InChI is InChI=1S/C42H29N5/c43-41(29-15-4-1-5-16-29)44-42(30-17-6-2-7-18-30)45-47-36-23-13-12-22-33(36)34-26-35-38(27-39(34)47)46(31-19-8-3-9-20-31)37-25-24-28-14-10-11-21-32(28)40(35)37/h1-27H,(H2,43,44,45)/p+1. The first kappa shape index (κ1) is 27.0. The molecule has 0 bridgehead atoms. The van der Waals surface area contributed by atoms with E-state index in [2.05, 4.69) is 130 Å². The third-order valence-corrected chi connectivity index (χ3v) is 9.10. The molecule has 0 radical (unpaired) electrons. The molecule has 0 unspecified atom stereocenters. The number of para-hydroxylation sites is 2. The van der Waals surface area contributed by atoms with Crippen molar-refractivity contribution >= 4 is 66.1 Å². The fraction of sp³-hybridized carbons (Fsp3) is 0. The maximum Gasteiger partial charge on any atom is 0.258 e. The van der Waals surface area contributed by atoms with E-state index in [1.165, 1.54) is 37.8 Å². The van der Waals surface area contributed by atoms with E-state index in [1.54, 1.807) is 0 Å². The highest BCUT2D eigenvalue weighted by Gasteiger charge is 2.22. The number of nitrogens with two attached hydrogens (primary N) is 1. The van der Waals surface area contributed by atoms with Gasteiger partial charge in [-0.05, 0) is 59.3 Å². The number of fused-ring (bicyclic) bond motifs is 8. The number of hydrogen-bond donors (Lipinski definition) is 2. The SMILES string of the molecule is N=C(N=C([NH2+]n1c2ccccc2c2cc3c4c5ccccc5ccc4n(-c4ccccc4)c3cc21)c1ccccc1)c1ccccc1. The second kappa shape index (κ2) is 10.9. The summed E-state index contributed by atoms with van der Waals surface area (Å²) in [5.74, 6) is 0.941. The van der Waals surface area contributed by atoms with E-state index in [4.69, 9.17) is 10.4 Å². The average Bonchev–Trinajstić information content (AvgIpc) is 3.63. The summed E-state index contributed by atoms with van der Waals surface area (Å²) in [6, 6.07) is 56.9. The first-order valence-electron chi connectivity index (χ1n) is 15.8. The van der Waals surface area contributed by atoms with Gasteiger partial charge in [0.25, 0.3) is 5.84 Å². The summed E-state index contributed by atoms with van der Waals surface area (Å²) in [5, 5.41) is 16.2. The summed E-state index contributed by atoms with van der Waals surface area (Å²) in [6.45, 7) is 0. The van der Waals surface area contributed by atoms with Crippen LogP contribution in [0.5, 0.6) is 0 Å². The van der Waals surface area contributed by atoms with Crippen LogP contribution in [0.1, 0.15) is 11.1 Å². The van der Waals surface area contributed by atoms with Gasteiger partial charge in [-0.1, -0.05) is 115 Å². The maximum absolute atomic E-state index is 8.90. The molecule has 47 heavy (non-hydrogen) atoms. The normalized spacial score (nSPS) is 12.1. The average molecular weight is 605 g/mol. The van der Waals surface area contributed by atoms with Gasteiger partial charge in [-0.15, -0.1) is 0 Å². The minimum Gasteiger partial charge on any atom is -0.309 e. The van der Waals surface area contributed by atoms with Crippen molar-refractivity contribution in [2.24, 2.45) is 4.99 Å². The van der Waals surface area contributed by atoms with Crippen LogP contribution >= 0.6 is 0 Å². The van der Waals surface area contributed by atoms with Crippen molar-refractivity contribution in [3.8, 4) is 5.69 Å². The highest BCUT2D eigenvalue weighted by Crippen LogP contribution is 2.40. The van der Waals surface area contributed by atoms with Crippen molar-refractivity contribution in [3.05, 3.63) is 175 Å². The Hall–Kier alpha value is -6.30. The van der Waals surface area contributed by atoms with Gasteiger partial charge in [-0.2, -0.15) is 15.1 Å². The van der Waals surface area contributed by atoms with Crippen molar-refractivity contribution in [2.75, 3.05) is 0 Å². The second-order valence-electron chi connectivity index (χ2n) is 11.8. The highest BCUT2D eigenvalue weighted by atomic mass is 15.4. The molecule has 7 aromatic carbocycles. The van der Waals surface area contributed by atoms with E-state index in [0.717, 1.165) is 39.2 Å². The Morgan fingerprint density at radius 1 is 0.489 bits per heavy atom. The third-order valence-electron chi connectivity index (χ3n) is 9.10. The Bertz CT molecular complexity index is 2650. The molecule has 0 amide bonds. The predicted octanol–water partition coefficient (Wildman–Crippen LogP) is 8.84. The number of nitrogens with zero attached hydrogens (tertiary/aromatic N) is 3. The number of hydrogen-bond acceptors (Lipinski definition) is 1. The van der Waals surface area contributed by atoms with Crippen molar-refractivity contribution in [1.29, 1.82) is 5.41 Å². The Labute approximate surface area is 271 Å². The van der Waals surface area contributed by atoms with Gasteiger partial charge in [0.15, 0.2) is 5.84 Å². The van der Waals surface area contributed by atoms with E-state index in [0.29, 0.717) is 0 Å². The molecule has 0 aliphatic heterocycles. The predicted molar refractivity (Wildman–Crippen MR) is 195 cm³/mol. The van der Waals surface area contributed by atoms with Gasteiger partial charge in [-0.3, -0.25) is 5.41 Å². The van der Waals surface area contributed by atoms with E-state index >= 15 is 0 Å². The van der Waals surface area contributed by atoms with Crippen LogP contribution in [-0.4, -0.2) is 20.9 Å². The van der Waals surface area contributed by atoms with Crippen LogP contribution in [0.3, 0.4) is 0 Å². The summed E-state index contributed by atoms with van der Waals surface area (Å²) in [5.41, 5.74) is 9.43. The fourth-order valence-corrected chi connectivity index (χ4v) is 6.95. The molecule has 0 aliphatic rings. The topological polar surface area (TPSA) is 62.7 Å². The molecule has 3 N–H and O–H groups in total. The van der Waals surface area contributed by atoms with Crippen LogP contribution in [0.4, 0.5) is 0 Å². The summed E-state index contributed by atoms with van der Waals surface area (Å²) >= 11 is 0. The number of benzene rings is 7. The van der Waals surface area contributed by atoms with Gasteiger partial charge in [0.2, 0.25) is 0 Å². The Kier molecular flexibility index (Phi) is 6.30. The van der Waals surface area contributed by atoms with Crippen molar-refractivity contribution in [3.63, 3.8) is 0 Å². The zero-order valence-electron chi connectivity index (χ0n) is 25.5. The van der Waals surface area contributed by atoms with Crippen LogP contribution in [0, 0.1) is 5.41 Å². The Morgan fingerprint density at radius 3 is 1.89 bits per heavy atom. The van der Waals surface area contributed by atoms with E-state index < -0.39 is 0 Å². The second-order valence-corrected chi connectivity index (χ2v) is 11.8. The largest absolute Gasteiger partial charge is 0.309 e. The molecule has 9 rings (SSSR count). The van der Waals surface area contributed by atoms with E-state index in [9.17, 15) is 0 Å². The van der Waals surface area contributed by atoms with Crippen LogP contribution < -0.4 is 5.43 Å². The van der Waals surface area contributed by atoms with Crippen molar-refractivity contribution in [1.82, 2.24) is 9.24 Å². The fourth-order valence-electron chi connectivity index (χ4n) is 6.95. The first-order chi connectivity index (χ1) is 23.2. The minimum absolute atomic E-state index is 0.222. The van der Waals surface area contributed by atoms with E-state index in [-0.39, 0.29) is 5.84 Å². The van der Waals surface area contributed by atoms with Crippen molar-refractivity contribution in [2.45, 2.75) is 0 Å². The molecule has 222 valence electrons. The first-order valence-corrected chi connectivity index (χ1v) is 15.8. The van der Waals surface area contributed by atoms with Gasteiger partial charge in [0.1, 0.15) is 11.0 Å². The molecule has 0 fully saturated rings. The summed E-state index contributed by atoms with van der Waals surface area (Å²) in [7, 11) is 0. The molecule has 0 aliphatic carbocycles. The molecule has 2 heterocycles. The lowest BCUT2D eigenvalue weighted by molar-refractivity contribution is -0.592. The zero-order chi connectivity index (χ0) is 31.3. The monoisotopic (exact) mass is 604 g/mol. The lowest BCUT2D eigenvalue weighted by atomic mass is 10.0. The van der Waals surface area contributed by atoms with Crippen LogP contribution in [0.2, 0.25) is 0 Å². The van der Waals surface area contributed by atoms with Gasteiger partial charge >= 0.3 is 0 Å². The number of nitrogens with one attached hydrogen (secondary N) is 1. The summed E-state index contributed by atoms with van der Waals surface area (Å²) < 4.78 is 4.63. The number of aliphatic imine (C=N–C) groups is 1. The molecule has 0 atom stereocenters. The van der Waals surface area contributed by atoms with Gasteiger partial charge in [0.05, 0.1) is 16.6 Å². The lowest BCUT2D eigenvalue weighted by Gasteiger charge is -2.10. The third kappa shape index (κ3) is 4.44. The summed E-state index contributed by atoms with van der Waals surface area (Å²) in [4.78, 5) is 4.92. The molecular formula is C42H30N5+. The Morgan fingerprint density at radius 2 is 1.13 bits per heavy atom.